The lowest BCUT2D eigenvalue weighted by Gasteiger charge is -2.03. The molecule has 0 fully saturated rings. The molecule has 0 aliphatic carbocycles. The van der Waals surface area contributed by atoms with E-state index in [4.69, 9.17) is 11.6 Å². The molecule has 0 saturated carbocycles. The number of sulfone groups is 1. The van der Waals surface area contributed by atoms with E-state index in [9.17, 15) is 8.42 Å². The molecule has 0 N–H and O–H groups in total. The highest BCUT2D eigenvalue weighted by Crippen LogP contribution is 2.10. The molecule has 0 spiro atoms. The summed E-state index contributed by atoms with van der Waals surface area (Å²) in [6.45, 7) is 1.91. The Morgan fingerprint density at radius 3 is 2.73 bits per heavy atom. The molecule has 84 valence electrons. The van der Waals surface area contributed by atoms with Crippen molar-refractivity contribution in [3.05, 3.63) is 18.1 Å². The molecule has 15 heavy (non-hydrogen) atoms. The van der Waals surface area contributed by atoms with Crippen LogP contribution < -0.4 is 0 Å². The Morgan fingerprint density at radius 1 is 1.40 bits per heavy atom. The van der Waals surface area contributed by atoms with Crippen LogP contribution in [0, 0.1) is 0 Å². The Morgan fingerprint density at radius 2 is 2.13 bits per heavy atom. The van der Waals surface area contributed by atoms with E-state index in [1.165, 1.54) is 12.4 Å². The lowest BCUT2D eigenvalue weighted by molar-refractivity contribution is 0.590. The second-order valence-electron chi connectivity index (χ2n) is 3.06. The summed E-state index contributed by atoms with van der Waals surface area (Å²) < 4.78 is 23.4. The average Bonchev–Trinajstić information content (AvgIpc) is 2.26. The van der Waals surface area contributed by atoms with E-state index in [1.807, 2.05) is 6.92 Å². The van der Waals surface area contributed by atoms with Crippen LogP contribution in [0.25, 0.3) is 0 Å². The van der Waals surface area contributed by atoms with Crippen LogP contribution in [0.5, 0.6) is 0 Å². The fourth-order valence-corrected chi connectivity index (χ4v) is 2.64. The lowest BCUT2D eigenvalue weighted by Crippen LogP contribution is -2.10. The summed E-state index contributed by atoms with van der Waals surface area (Å²) in [7, 11) is -3.29. The maximum atomic E-state index is 11.7. The van der Waals surface area contributed by atoms with E-state index in [0.717, 1.165) is 5.69 Å². The summed E-state index contributed by atoms with van der Waals surface area (Å²) in [5, 5.41) is 0.0967. The van der Waals surface area contributed by atoms with E-state index in [0.29, 0.717) is 18.7 Å². The van der Waals surface area contributed by atoms with Crippen LogP contribution in [0.3, 0.4) is 0 Å². The van der Waals surface area contributed by atoms with E-state index in [-0.39, 0.29) is 10.8 Å². The maximum Gasteiger partial charge on any atom is 0.195 e. The minimum absolute atomic E-state index is 0.0384. The van der Waals surface area contributed by atoms with Crippen molar-refractivity contribution in [2.24, 2.45) is 0 Å². The van der Waals surface area contributed by atoms with Gasteiger partial charge in [0.05, 0.1) is 5.75 Å². The first-order valence-corrected chi connectivity index (χ1v) is 6.88. The van der Waals surface area contributed by atoms with Gasteiger partial charge in [-0.1, -0.05) is 6.92 Å². The molecule has 0 unspecified atom stereocenters. The maximum absolute atomic E-state index is 11.7. The summed E-state index contributed by atoms with van der Waals surface area (Å²) in [5.41, 5.74) is 0.731. The van der Waals surface area contributed by atoms with Gasteiger partial charge in [-0.15, -0.1) is 11.6 Å². The smallest absolute Gasteiger partial charge is 0.195 e. The highest BCUT2D eigenvalue weighted by Gasteiger charge is 2.15. The fraction of sp³-hybridized carbons (Fsp3) is 0.556. The van der Waals surface area contributed by atoms with Crippen LogP contribution in [-0.4, -0.2) is 30.0 Å². The molecule has 1 aromatic heterocycles. The summed E-state index contributed by atoms with van der Waals surface area (Å²) >= 11 is 5.46. The van der Waals surface area contributed by atoms with Gasteiger partial charge >= 0.3 is 0 Å². The van der Waals surface area contributed by atoms with Crippen LogP contribution in [0.15, 0.2) is 17.4 Å². The van der Waals surface area contributed by atoms with E-state index in [2.05, 4.69) is 9.97 Å². The predicted octanol–water partition coefficient (Wildman–Crippen LogP) is 1.44. The van der Waals surface area contributed by atoms with Crippen molar-refractivity contribution < 1.29 is 8.42 Å². The number of aryl methyl sites for hydroxylation is 1. The molecule has 1 rings (SSSR count). The molecule has 0 aliphatic rings. The van der Waals surface area contributed by atoms with Gasteiger partial charge in [-0.2, -0.15) is 0 Å². The summed E-state index contributed by atoms with van der Waals surface area (Å²) in [6.07, 6.45) is 2.42. The SMILES string of the molecule is CCc1cc(S(=O)(=O)CCCCl)ncn1. The second kappa shape index (κ2) is 5.42. The highest BCUT2D eigenvalue weighted by atomic mass is 35.5. The molecule has 0 radical (unpaired) electrons. The van der Waals surface area contributed by atoms with Gasteiger partial charge in [0.1, 0.15) is 6.33 Å². The van der Waals surface area contributed by atoms with Crippen LogP contribution in [0.2, 0.25) is 0 Å². The largest absolute Gasteiger partial charge is 0.241 e. The van der Waals surface area contributed by atoms with Gasteiger partial charge in [0, 0.05) is 11.6 Å². The van der Waals surface area contributed by atoms with E-state index < -0.39 is 9.84 Å². The van der Waals surface area contributed by atoms with E-state index >= 15 is 0 Å². The normalized spacial score (nSPS) is 11.6. The van der Waals surface area contributed by atoms with Crippen LogP contribution in [0.1, 0.15) is 19.0 Å². The molecule has 0 aromatic carbocycles. The topological polar surface area (TPSA) is 59.9 Å². The fourth-order valence-electron chi connectivity index (χ4n) is 1.09. The molecule has 0 saturated heterocycles. The minimum Gasteiger partial charge on any atom is -0.241 e. The second-order valence-corrected chi connectivity index (χ2v) is 5.50. The highest BCUT2D eigenvalue weighted by molar-refractivity contribution is 7.91. The van der Waals surface area contributed by atoms with Gasteiger partial charge in [0.2, 0.25) is 0 Å². The van der Waals surface area contributed by atoms with Gasteiger partial charge in [-0.25, -0.2) is 18.4 Å². The molecule has 6 heteroatoms. The molecule has 0 atom stereocenters. The third-order valence-corrected chi connectivity index (χ3v) is 3.88. The number of halogens is 1. The van der Waals surface area contributed by atoms with Gasteiger partial charge in [-0.05, 0) is 18.9 Å². The summed E-state index contributed by atoms with van der Waals surface area (Å²) in [5.74, 6) is 0.377. The van der Waals surface area contributed by atoms with Gasteiger partial charge < -0.3 is 0 Å². The van der Waals surface area contributed by atoms with Gasteiger partial charge in [0.15, 0.2) is 14.9 Å². The Hall–Kier alpha value is -0.680. The molecule has 0 amide bonds. The van der Waals surface area contributed by atoms with Crippen LogP contribution in [-0.2, 0) is 16.3 Å². The zero-order valence-corrected chi connectivity index (χ0v) is 10.1. The quantitative estimate of drug-likeness (QED) is 0.585. The third kappa shape index (κ3) is 3.43. The number of rotatable bonds is 5. The monoisotopic (exact) mass is 248 g/mol. The standard InChI is InChI=1S/C9H13ClN2O2S/c1-2-8-6-9(12-7-11-8)15(13,14)5-3-4-10/h6-7H,2-5H2,1H3. The van der Waals surface area contributed by atoms with Gasteiger partial charge in [0.25, 0.3) is 0 Å². The first-order chi connectivity index (χ1) is 7.10. The number of hydrogen-bond donors (Lipinski definition) is 0. The Kier molecular flexibility index (Phi) is 4.47. The van der Waals surface area contributed by atoms with Crippen LogP contribution in [0.4, 0.5) is 0 Å². The summed E-state index contributed by atoms with van der Waals surface area (Å²) in [4.78, 5) is 7.72. The molecule has 4 nitrogen and oxygen atoms in total. The molecule has 0 bridgehead atoms. The minimum atomic E-state index is -3.29. The van der Waals surface area contributed by atoms with Crippen molar-refractivity contribution in [1.29, 1.82) is 0 Å². The van der Waals surface area contributed by atoms with Gasteiger partial charge in [-0.3, -0.25) is 0 Å². The Bertz CT molecular complexity index is 420. The number of alkyl halides is 1. The van der Waals surface area contributed by atoms with E-state index in [1.54, 1.807) is 0 Å². The lowest BCUT2D eigenvalue weighted by atomic mass is 10.3. The molecular weight excluding hydrogens is 236 g/mol. The average molecular weight is 249 g/mol. The zero-order chi connectivity index (χ0) is 11.3. The number of nitrogens with zero attached hydrogens (tertiary/aromatic N) is 2. The Balaban J connectivity index is 2.94. The number of hydrogen-bond acceptors (Lipinski definition) is 4. The Labute approximate surface area is 94.6 Å². The zero-order valence-electron chi connectivity index (χ0n) is 8.48. The molecule has 1 aromatic rings. The first-order valence-electron chi connectivity index (χ1n) is 4.70. The van der Waals surface area contributed by atoms with Crippen molar-refractivity contribution in [2.75, 3.05) is 11.6 Å². The summed E-state index contributed by atoms with van der Waals surface area (Å²) in [6, 6.07) is 1.52. The molecular formula is C9H13ClN2O2S. The van der Waals surface area contributed by atoms with Crippen molar-refractivity contribution in [2.45, 2.75) is 24.8 Å². The van der Waals surface area contributed by atoms with Crippen LogP contribution >= 0.6 is 11.6 Å². The van der Waals surface area contributed by atoms with Crippen molar-refractivity contribution in [3.8, 4) is 0 Å². The predicted molar refractivity (Wildman–Crippen MR) is 58.8 cm³/mol. The van der Waals surface area contributed by atoms with Crippen molar-refractivity contribution in [3.63, 3.8) is 0 Å². The number of aromatic nitrogens is 2. The van der Waals surface area contributed by atoms with Crippen molar-refractivity contribution >= 4 is 21.4 Å². The third-order valence-electron chi connectivity index (χ3n) is 1.93. The molecule has 0 aliphatic heterocycles. The first kappa shape index (κ1) is 12.4. The van der Waals surface area contributed by atoms with Crippen molar-refractivity contribution in [1.82, 2.24) is 9.97 Å². The molecule has 1 heterocycles.